The van der Waals surface area contributed by atoms with Gasteiger partial charge in [-0.25, -0.2) is 14.6 Å². The molecule has 3 aliphatic heterocycles. The number of allylic oxidation sites excluding steroid dienone is 1. The molecule has 0 radical (unpaired) electrons. The number of rotatable bonds is 11. The Kier molecular flexibility index (Phi) is 11.8. The molecule has 3 aromatic carbocycles. The summed E-state index contributed by atoms with van der Waals surface area (Å²) in [6, 6.07) is 22.6. The zero-order valence-corrected chi connectivity index (χ0v) is 33.8. The largest absolute Gasteiger partial charge is 0.453 e. The number of amides is 4. The lowest BCUT2D eigenvalue weighted by molar-refractivity contribution is -0.134. The highest BCUT2D eigenvalue weighted by atomic mass is 16.5. The van der Waals surface area contributed by atoms with Crippen LogP contribution in [0.4, 0.5) is 15.3 Å². The number of methoxy groups -OCH3 is 2. The summed E-state index contributed by atoms with van der Waals surface area (Å²) in [5.74, 6) is 0.0776. The number of aromatic nitrogens is 2. The summed E-state index contributed by atoms with van der Waals surface area (Å²) in [4.78, 5) is 68.5. The Morgan fingerprint density at radius 3 is 1.97 bits per heavy atom. The van der Waals surface area contributed by atoms with Crippen LogP contribution in [0.3, 0.4) is 0 Å². The van der Waals surface area contributed by atoms with E-state index in [0.717, 1.165) is 63.3 Å². The summed E-state index contributed by atoms with van der Waals surface area (Å²) in [5, 5.41) is 5.44. The standard InChI is InChI=1S/C45H51N7O6/c1-26(2)39(49-44(55)57-5)42(53)51-21-9-12-37(51)34-22-33(24-46-34)30-15-13-28(14-16-30)29-17-19-31(20-18-29)35-25-47-41(48-35)38-23-32-10-7-8-11-36(32)52(38)43(54)40(27(3)4)50-45(56)58-6/h7-8,10-11,13-20,24-27,37-40H,9,12,21-23H2,1-6H3,(H,47,48)(H,49,55)(H,50,56)/t37-,38-,39-,40-/m0/s1. The number of benzene rings is 3. The van der Waals surface area contributed by atoms with E-state index in [9.17, 15) is 19.2 Å². The molecule has 302 valence electrons. The van der Waals surface area contributed by atoms with E-state index in [1.807, 2.05) is 63.1 Å². The van der Waals surface area contributed by atoms with E-state index in [-0.39, 0.29) is 35.7 Å². The van der Waals surface area contributed by atoms with E-state index in [4.69, 9.17) is 19.5 Å². The third-order valence-corrected chi connectivity index (χ3v) is 11.4. The third kappa shape index (κ3) is 8.11. The number of nitrogens with zero attached hydrogens (tertiary/aromatic N) is 4. The van der Waals surface area contributed by atoms with Crippen molar-refractivity contribution in [2.24, 2.45) is 16.8 Å². The van der Waals surface area contributed by atoms with Crippen LogP contribution in [0.2, 0.25) is 0 Å². The molecule has 0 aliphatic carbocycles. The smallest absolute Gasteiger partial charge is 0.407 e. The number of ether oxygens (including phenoxy) is 2. The molecule has 13 nitrogen and oxygen atoms in total. The second kappa shape index (κ2) is 17.1. The second-order valence-electron chi connectivity index (χ2n) is 15.8. The molecular formula is C45H51N7O6. The van der Waals surface area contributed by atoms with Crippen molar-refractivity contribution in [3.05, 3.63) is 102 Å². The summed E-state index contributed by atoms with van der Waals surface area (Å²) in [6.07, 6.45) is 5.41. The highest BCUT2D eigenvalue weighted by Crippen LogP contribution is 2.41. The fourth-order valence-corrected chi connectivity index (χ4v) is 8.18. The fraction of sp³-hybridized carbons (Fsp3) is 0.378. The fourth-order valence-electron chi connectivity index (χ4n) is 8.18. The SMILES string of the molecule is COC(=O)N[C@H](C(=O)N1CCC[C@H]1C1=NC=C(c2ccc(-c3ccc(-c4cnc([C@@H]5Cc6ccccc6N5C(=O)[C@@H](NC(=O)OC)C(C)C)[nH]4)cc3)cc2)C1)C(C)C. The molecule has 0 unspecified atom stereocenters. The number of carbonyl (C=O) groups excluding carboxylic acids is 4. The lowest BCUT2D eigenvalue weighted by Crippen LogP contribution is -2.53. The maximum absolute atomic E-state index is 14.1. The van der Waals surface area contributed by atoms with Crippen LogP contribution in [0.25, 0.3) is 28.0 Å². The summed E-state index contributed by atoms with van der Waals surface area (Å²) >= 11 is 0. The van der Waals surface area contributed by atoms with Crippen LogP contribution in [-0.4, -0.2) is 83.5 Å². The number of aromatic amines is 1. The first kappa shape index (κ1) is 40.0. The van der Waals surface area contributed by atoms with E-state index < -0.39 is 24.3 Å². The van der Waals surface area contributed by atoms with Gasteiger partial charge in [0.2, 0.25) is 5.91 Å². The molecular weight excluding hydrogens is 735 g/mol. The summed E-state index contributed by atoms with van der Waals surface area (Å²) in [7, 11) is 2.58. The number of anilines is 1. The summed E-state index contributed by atoms with van der Waals surface area (Å²) in [6.45, 7) is 8.24. The molecule has 0 bridgehead atoms. The maximum atomic E-state index is 14.1. The highest BCUT2D eigenvalue weighted by Gasteiger charge is 2.41. The van der Waals surface area contributed by atoms with Gasteiger partial charge in [-0.3, -0.25) is 19.5 Å². The van der Waals surface area contributed by atoms with Gasteiger partial charge in [-0.15, -0.1) is 0 Å². The predicted octanol–water partition coefficient (Wildman–Crippen LogP) is 7.31. The lowest BCUT2D eigenvalue weighted by atomic mass is 9.95. The molecule has 1 saturated heterocycles. The minimum absolute atomic E-state index is 0.0892. The number of aliphatic imine (C=N–C) groups is 1. The van der Waals surface area contributed by atoms with Crippen molar-refractivity contribution in [2.45, 2.75) is 77.5 Å². The van der Waals surface area contributed by atoms with Gasteiger partial charge in [-0.2, -0.15) is 0 Å². The molecule has 0 saturated carbocycles. The molecule has 1 aromatic heterocycles. The predicted molar refractivity (Wildman–Crippen MR) is 223 cm³/mol. The van der Waals surface area contributed by atoms with Crippen molar-refractivity contribution in [3.8, 4) is 22.4 Å². The molecule has 4 amide bonds. The number of fused-ring (bicyclic) bond motifs is 1. The van der Waals surface area contributed by atoms with Crippen LogP contribution in [-0.2, 0) is 25.5 Å². The van der Waals surface area contributed by atoms with Crippen molar-refractivity contribution in [1.29, 1.82) is 0 Å². The van der Waals surface area contributed by atoms with E-state index in [1.165, 1.54) is 14.2 Å². The number of likely N-dealkylation sites (tertiary alicyclic amines) is 1. The number of imidazole rings is 1. The number of alkyl carbamates (subject to hydrolysis) is 2. The highest BCUT2D eigenvalue weighted by molar-refractivity contribution is 6.04. The Labute approximate surface area is 338 Å². The average Bonchev–Trinajstić information content (AvgIpc) is 4.07. The van der Waals surface area contributed by atoms with Gasteiger partial charge < -0.3 is 30.0 Å². The van der Waals surface area contributed by atoms with E-state index in [2.05, 4.69) is 64.1 Å². The summed E-state index contributed by atoms with van der Waals surface area (Å²) in [5.41, 5.74) is 8.91. The molecule has 58 heavy (non-hydrogen) atoms. The molecule has 1 fully saturated rings. The lowest BCUT2D eigenvalue weighted by Gasteiger charge is -2.31. The van der Waals surface area contributed by atoms with E-state index in [0.29, 0.717) is 25.2 Å². The first-order chi connectivity index (χ1) is 28.0. The number of para-hydroxylation sites is 1. The molecule has 3 aliphatic rings. The first-order valence-electron chi connectivity index (χ1n) is 19.9. The van der Waals surface area contributed by atoms with Gasteiger partial charge in [0.25, 0.3) is 5.91 Å². The summed E-state index contributed by atoms with van der Waals surface area (Å²) < 4.78 is 9.59. The van der Waals surface area contributed by atoms with Crippen molar-refractivity contribution < 1.29 is 28.7 Å². The van der Waals surface area contributed by atoms with Crippen molar-refractivity contribution >= 4 is 41.0 Å². The first-order valence-corrected chi connectivity index (χ1v) is 19.9. The van der Waals surface area contributed by atoms with Gasteiger partial charge in [0.15, 0.2) is 0 Å². The normalized spacial score (nSPS) is 18.4. The molecule has 7 rings (SSSR count). The van der Waals surface area contributed by atoms with Gasteiger partial charge >= 0.3 is 12.2 Å². The topological polar surface area (TPSA) is 158 Å². The Hall–Kier alpha value is -6.24. The van der Waals surface area contributed by atoms with Gasteiger partial charge in [-0.05, 0) is 64.1 Å². The van der Waals surface area contributed by atoms with Crippen LogP contribution in [0, 0.1) is 11.8 Å². The third-order valence-electron chi connectivity index (χ3n) is 11.4. The van der Waals surface area contributed by atoms with Crippen LogP contribution in [0.5, 0.6) is 0 Å². The number of hydrogen-bond acceptors (Lipinski definition) is 8. The Balaban J connectivity index is 1.01. The van der Waals surface area contributed by atoms with Crippen molar-refractivity contribution in [1.82, 2.24) is 25.5 Å². The quantitative estimate of drug-likeness (QED) is 0.144. The second-order valence-corrected chi connectivity index (χ2v) is 15.8. The van der Waals surface area contributed by atoms with Gasteiger partial charge in [0.05, 0.1) is 38.2 Å². The maximum Gasteiger partial charge on any atom is 0.407 e. The van der Waals surface area contributed by atoms with Gasteiger partial charge in [-0.1, -0.05) is 94.4 Å². The Bertz CT molecular complexity index is 2230. The zero-order valence-electron chi connectivity index (χ0n) is 33.8. The van der Waals surface area contributed by atoms with Crippen LogP contribution in [0.15, 0.2) is 90.2 Å². The van der Waals surface area contributed by atoms with Crippen LogP contribution >= 0.6 is 0 Å². The number of nitrogens with one attached hydrogen (secondary N) is 3. The minimum Gasteiger partial charge on any atom is -0.453 e. The molecule has 4 aromatic rings. The average molecular weight is 786 g/mol. The molecule has 4 heterocycles. The van der Waals surface area contributed by atoms with Crippen molar-refractivity contribution in [3.63, 3.8) is 0 Å². The number of carbonyl (C=O) groups is 4. The number of hydrogen-bond donors (Lipinski definition) is 3. The van der Waals surface area contributed by atoms with Crippen LogP contribution in [0.1, 0.15) is 70.0 Å². The molecule has 0 spiro atoms. The van der Waals surface area contributed by atoms with Crippen molar-refractivity contribution in [2.75, 3.05) is 25.7 Å². The van der Waals surface area contributed by atoms with Gasteiger partial charge in [0, 0.05) is 37.0 Å². The Morgan fingerprint density at radius 2 is 1.34 bits per heavy atom. The molecule has 4 atom stereocenters. The molecule has 3 N–H and O–H groups in total. The Morgan fingerprint density at radius 1 is 0.759 bits per heavy atom. The molecule has 13 heteroatoms. The van der Waals surface area contributed by atoms with Crippen LogP contribution < -0.4 is 15.5 Å². The zero-order chi connectivity index (χ0) is 41.1. The monoisotopic (exact) mass is 785 g/mol. The number of H-pyrrole nitrogens is 1. The minimum atomic E-state index is -0.778. The van der Waals surface area contributed by atoms with E-state index in [1.54, 1.807) is 11.1 Å². The van der Waals surface area contributed by atoms with E-state index >= 15 is 0 Å². The van der Waals surface area contributed by atoms with Gasteiger partial charge in [0.1, 0.15) is 17.9 Å².